The number of hydrogen-bond acceptors (Lipinski definition) is 3. The molecule has 3 rings (SSSR count). The van der Waals surface area contributed by atoms with E-state index in [1.54, 1.807) is 16.8 Å². The molecule has 5 nitrogen and oxygen atoms in total. The van der Waals surface area contributed by atoms with E-state index in [1.165, 1.54) is 0 Å². The molecule has 1 atom stereocenters. The van der Waals surface area contributed by atoms with Crippen LogP contribution in [-0.4, -0.2) is 48.6 Å². The number of fused-ring (bicyclic) bond motifs is 1. The molecule has 1 aliphatic heterocycles. The van der Waals surface area contributed by atoms with Crippen LogP contribution in [0.25, 0.3) is 0 Å². The Hall–Kier alpha value is -2.66. The number of amides is 2. The molecule has 0 aromatic heterocycles. The van der Waals surface area contributed by atoms with Gasteiger partial charge in [-0.2, -0.15) is 0 Å². The smallest absolute Gasteiger partial charge is 0.238 e. The summed E-state index contributed by atoms with van der Waals surface area (Å²) in [5, 5.41) is 9.26. The van der Waals surface area contributed by atoms with Crippen molar-refractivity contribution in [2.24, 2.45) is 0 Å². The lowest BCUT2D eigenvalue weighted by Gasteiger charge is -2.31. The van der Waals surface area contributed by atoms with Gasteiger partial charge in [-0.05, 0) is 30.5 Å². The molecule has 0 saturated carbocycles. The van der Waals surface area contributed by atoms with Crippen molar-refractivity contribution in [3.63, 3.8) is 0 Å². The van der Waals surface area contributed by atoms with Gasteiger partial charge in [0.15, 0.2) is 0 Å². The van der Waals surface area contributed by atoms with Crippen molar-refractivity contribution >= 4 is 17.5 Å². The van der Waals surface area contributed by atoms with Crippen molar-refractivity contribution in [1.29, 1.82) is 0 Å². The SMILES string of the molecule is CCN(CCO)C(=O)C[C@@]1(Cc2ccccc2)C(=O)N(C)c2ccccc21. The topological polar surface area (TPSA) is 60.9 Å². The summed E-state index contributed by atoms with van der Waals surface area (Å²) in [7, 11) is 1.77. The molecule has 1 aliphatic rings. The zero-order valence-electron chi connectivity index (χ0n) is 15.9. The molecule has 5 heteroatoms. The van der Waals surface area contributed by atoms with Crippen LogP contribution in [0, 0.1) is 0 Å². The second-order valence-electron chi connectivity index (χ2n) is 7.00. The molecule has 1 N–H and O–H groups in total. The second kappa shape index (κ2) is 7.92. The highest BCUT2D eigenvalue weighted by atomic mass is 16.3. The van der Waals surface area contributed by atoms with Crippen molar-refractivity contribution in [2.75, 3.05) is 31.6 Å². The van der Waals surface area contributed by atoms with Gasteiger partial charge < -0.3 is 14.9 Å². The maximum Gasteiger partial charge on any atom is 0.238 e. The molecule has 0 unspecified atom stereocenters. The third-order valence-electron chi connectivity index (χ3n) is 5.40. The number of benzene rings is 2. The standard InChI is InChI=1S/C22H26N2O3/c1-3-24(13-14-25)20(26)16-22(15-17-9-5-4-6-10-17)18-11-7-8-12-19(18)23(2)21(22)27/h4-12,25H,3,13-16H2,1-2H3/t22-/m1/s1. The molecule has 0 saturated heterocycles. The highest BCUT2D eigenvalue weighted by Gasteiger charge is 2.51. The first kappa shape index (κ1) is 19.1. The number of rotatable bonds is 7. The highest BCUT2D eigenvalue weighted by Crippen LogP contribution is 2.45. The average molecular weight is 366 g/mol. The molecule has 1 heterocycles. The van der Waals surface area contributed by atoms with E-state index in [2.05, 4.69) is 0 Å². The summed E-state index contributed by atoms with van der Waals surface area (Å²) >= 11 is 0. The molecule has 2 aromatic carbocycles. The molecule has 142 valence electrons. The normalized spacial score (nSPS) is 18.5. The summed E-state index contributed by atoms with van der Waals surface area (Å²) in [5.74, 6) is -0.165. The first-order chi connectivity index (χ1) is 13.0. The number of likely N-dealkylation sites (N-methyl/N-ethyl adjacent to an activating group) is 2. The van der Waals surface area contributed by atoms with E-state index in [0.29, 0.717) is 13.0 Å². The van der Waals surface area contributed by atoms with Gasteiger partial charge in [-0.3, -0.25) is 9.59 Å². The van der Waals surface area contributed by atoms with E-state index >= 15 is 0 Å². The second-order valence-corrected chi connectivity index (χ2v) is 7.00. The fraction of sp³-hybridized carbons (Fsp3) is 0.364. The van der Waals surface area contributed by atoms with E-state index in [4.69, 9.17) is 0 Å². The zero-order chi connectivity index (χ0) is 19.4. The third-order valence-corrected chi connectivity index (χ3v) is 5.40. The van der Waals surface area contributed by atoms with Crippen molar-refractivity contribution in [3.05, 3.63) is 65.7 Å². The summed E-state index contributed by atoms with van der Waals surface area (Å²) < 4.78 is 0. The quantitative estimate of drug-likeness (QED) is 0.818. The van der Waals surface area contributed by atoms with E-state index in [-0.39, 0.29) is 31.4 Å². The maximum atomic E-state index is 13.4. The van der Waals surface area contributed by atoms with Crippen LogP contribution in [0.5, 0.6) is 0 Å². The minimum atomic E-state index is -0.924. The average Bonchev–Trinajstić information content (AvgIpc) is 2.89. The lowest BCUT2D eigenvalue weighted by Crippen LogP contribution is -2.46. The molecule has 2 aromatic rings. The summed E-state index contributed by atoms with van der Waals surface area (Å²) in [6, 6.07) is 17.5. The number of carbonyl (C=O) groups excluding carboxylic acids is 2. The Morgan fingerprint density at radius 2 is 1.78 bits per heavy atom. The van der Waals surface area contributed by atoms with Crippen LogP contribution in [0.4, 0.5) is 5.69 Å². The van der Waals surface area contributed by atoms with Gasteiger partial charge in [0.05, 0.1) is 12.0 Å². The van der Waals surface area contributed by atoms with Gasteiger partial charge in [0.25, 0.3) is 0 Å². The molecule has 2 amide bonds. The summed E-state index contributed by atoms with van der Waals surface area (Å²) in [6.45, 7) is 2.58. The third kappa shape index (κ3) is 3.47. The van der Waals surface area contributed by atoms with Gasteiger partial charge in [-0.1, -0.05) is 48.5 Å². The van der Waals surface area contributed by atoms with E-state index in [9.17, 15) is 14.7 Å². The molecule has 0 fully saturated rings. The highest BCUT2D eigenvalue weighted by molar-refractivity contribution is 6.09. The molecule has 0 aliphatic carbocycles. The van der Waals surface area contributed by atoms with Gasteiger partial charge in [0.2, 0.25) is 11.8 Å². The Balaban J connectivity index is 2.05. The van der Waals surface area contributed by atoms with Crippen LogP contribution in [0.2, 0.25) is 0 Å². The van der Waals surface area contributed by atoms with Gasteiger partial charge >= 0.3 is 0 Å². The number of aliphatic hydroxyl groups excluding tert-OH is 1. The first-order valence-corrected chi connectivity index (χ1v) is 9.33. The van der Waals surface area contributed by atoms with Crippen molar-refractivity contribution < 1.29 is 14.7 Å². The lowest BCUT2D eigenvalue weighted by molar-refractivity contribution is -0.136. The Bertz CT molecular complexity index is 821. The molecule has 0 bridgehead atoms. The molecular formula is C22H26N2O3. The Morgan fingerprint density at radius 3 is 2.44 bits per heavy atom. The zero-order valence-corrected chi connectivity index (χ0v) is 15.9. The fourth-order valence-electron chi connectivity index (χ4n) is 4.01. The summed E-state index contributed by atoms with van der Waals surface area (Å²) in [5.41, 5.74) is 1.85. The number of aliphatic hydroxyl groups is 1. The monoisotopic (exact) mass is 366 g/mol. The Kier molecular flexibility index (Phi) is 5.61. The van der Waals surface area contributed by atoms with Crippen LogP contribution in [-0.2, 0) is 21.4 Å². The van der Waals surface area contributed by atoms with Gasteiger partial charge in [-0.25, -0.2) is 0 Å². The summed E-state index contributed by atoms with van der Waals surface area (Å²) in [4.78, 5) is 29.7. The molecule has 0 spiro atoms. The van der Waals surface area contributed by atoms with E-state index in [1.807, 2.05) is 61.5 Å². The number of nitrogens with zero attached hydrogens (tertiary/aromatic N) is 2. The largest absolute Gasteiger partial charge is 0.395 e. The summed E-state index contributed by atoms with van der Waals surface area (Å²) in [6.07, 6.45) is 0.562. The van der Waals surface area contributed by atoms with Crippen LogP contribution >= 0.6 is 0 Å². The lowest BCUT2D eigenvalue weighted by atomic mass is 9.73. The Morgan fingerprint density at radius 1 is 1.11 bits per heavy atom. The van der Waals surface area contributed by atoms with Crippen LogP contribution in [0.3, 0.4) is 0 Å². The molecular weight excluding hydrogens is 340 g/mol. The van der Waals surface area contributed by atoms with Crippen LogP contribution in [0.1, 0.15) is 24.5 Å². The fourth-order valence-corrected chi connectivity index (χ4v) is 4.01. The number of hydrogen-bond donors (Lipinski definition) is 1. The maximum absolute atomic E-state index is 13.4. The molecule has 27 heavy (non-hydrogen) atoms. The number of para-hydroxylation sites is 1. The van der Waals surface area contributed by atoms with Gasteiger partial charge in [0.1, 0.15) is 0 Å². The predicted molar refractivity (Wildman–Crippen MR) is 106 cm³/mol. The van der Waals surface area contributed by atoms with Crippen molar-refractivity contribution in [3.8, 4) is 0 Å². The predicted octanol–water partition coefficient (Wildman–Crippen LogP) is 2.37. The minimum absolute atomic E-state index is 0.0547. The number of anilines is 1. The minimum Gasteiger partial charge on any atom is -0.395 e. The van der Waals surface area contributed by atoms with Crippen LogP contribution < -0.4 is 4.90 Å². The van der Waals surface area contributed by atoms with E-state index < -0.39 is 5.41 Å². The van der Waals surface area contributed by atoms with Crippen molar-refractivity contribution in [1.82, 2.24) is 4.90 Å². The van der Waals surface area contributed by atoms with Crippen molar-refractivity contribution in [2.45, 2.75) is 25.2 Å². The number of carbonyl (C=O) groups is 2. The molecule has 0 radical (unpaired) electrons. The van der Waals surface area contributed by atoms with E-state index in [0.717, 1.165) is 16.8 Å². The first-order valence-electron chi connectivity index (χ1n) is 9.33. The van der Waals surface area contributed by atoms with Crippen LogP contribution in [0.15, 0.2) is 54.6 Å². The van der Waals surface area contributed by atoms with Gasteiger partial charge in [0, 0.05) is 32.2 Å². The Labute approximate surface area is 160 Å². The van der Waals surface area contributed by atoms with Gasteiger partial charge in [-0.15, -0.1) is 0 Å².